The maximum absolute atomic E-state index is 6.41. The van der Waals surface area contributed by atoms with Crippen LogP contribution in [0.5, 0.6) is 5.75 Å². The minimum absolute atomic E-state index is 0.0266. The van der Waals surface area contributed by atoms with Crippen molar-refractivity contribution in [3.05, 3.63) is 111 Å². The second kappa shape index (κ2) is 10.7. The van der Waals surface area contributed by atoms with Crippen LogP contribution in [0, 0.1) is 0 Å². The number of nitrogens with zero attached hydrogens (tertiary/aromatic N) is 3. The SMILES string of the molecule is COc1ccc2cc([C@H](C)c3nnc(SCc4c(Cl)cccc4Cl)n3-c3cccc(Cl)c3)ccc2c1. The number of ether oxygens (including phenoxy) is 1. The van der Waals surface area contributed by atoms with Gasteiger partial charge in [-0.15, -0.1) is 10.2 Å². The van der Waals surface area contributed by atoms with Gasteiger partial charge >= 0.3 is 0 Å². The Hall–Kier alpha value is -2.70. The molecule has 0 saturated heterocycles. The van der Waals surface area contributed by atoms with Crippen molar-refractivity contribution in [3.63, 3.8) is 0 Å². The van der Waals surface area contributed by atoms with Crippen LogP contribution in [0.15, 0.2) is 84.0 Å². The van der Waals surface area contributed by atoms with Gasteiger partial charge in [0.15, 0.2) is 5.16 Å². The van der Waals surface area contributed by atoms with Gasteiger partial charge in [-0.3, -0.25) is 4.57 Å². The van der Waals surface area contributed by atoms with E-state index in [-0.39, 0.29) is 5.92 Å². The number of hydrogen-bond donors (Lipinski definition) is 0. The van der Waals surface area contributed by atoms with E-state index < -0.39 is 0 Å². The largest absolute Gasteiger partial charge is 0.497 e. The average Bonchev–Trinajstić information content (AvgIpc) is 3.31. The minimum Gasteiger partial charge on any atom is -0.497 e. The molecule has 0 fully saturated rings. The van der Waals surface area contributed by atoms with Crippen LogP contribution < -0.4 is 4.74 Å². The van der Waals surface area contributed by atoms with Crippen LogP contribution in [-0.4, -0.2) is 21.9 Å². The molecule has 0 aliphatic heterocycles. The molecule has 0 unspecified atom stereocenters. The summed E-state index contributed by atoms with van der Waals surface area (Å²) in [4.78, 5) is 0. The number of fused-ring (bicyclic) bond motifs is 1. The van der Waals surface area contributed by atoms with Gasteiger partial charge in [-0.2, -0.15) is 0 Å². The third kappa shape index (κ3) is 5.07. The van der Waals surface area contributed by atoms with Gasteiger partial charge in [-0.25, -0.2) is 0 Å². The molecule has 8 heteroatoms. The molecule has 1 atom stereocenters. The van der Waals surface area contributed by atoms with E-state index in [1.54, 1.807) is 7.11 Å². The van der Waals surface area contributed by atoms with Crippen molar-refractivity contribution in [2.45, 2.75) is 23.8 Å². The number of aromatic nitrogens is 3. The lowest BCUT2D eigenvalue weighted by molar-refractivity contribution is 0.415. The maximum Gasteiger partial charge on any atom is 0.196 e. The minimum atomic E-state index is -0.0266. The molecule has 0 bridgehead atoms. The van der Waals surface area contributed by atoms with Crippen LogP contribution in [0.3, 0.4) is 0 Å². The van der Waals surface area contributed by atoms with Gasteiger partial charge in [0.25, 0.3) is 0 Å². The molecule has 5 aromatic rings. The standard InChI is InChI=1S/C28H22Cl3N3OS/c1-17(18-9-10-20-14-23(35-2)12-11-19(20)13-18)27-32-33-28(34(27)22-6-3-5-21(29)15-22)36-16-24-25(30)7-4-8-26(24)31/h3-15,17H,16H2,1-2H3/t17-/m0/s1. The highest BCUT2D eigenvalue weighted by Crippen LogP contribution is 2.35. The van der Waals surface area contributed by atoms with Gasteiger partial charge in [0.2, 0.25) is 0 Å². The molecule has 0 N–H and O–H groups in total. The van der Waals surface area contributed by atoms with Crippen LogP contribution in [-0.2, 0) is 5.75 Å². The fraction of sp³-hybridized carbons (Fsp3) is 0.143. The van der Waals surface area contributed by atoms with E-state index in [0.29, 0.717) is 20.8 Å². The molecule has 36 heavy (non-hydrogen) atoms. The first-order chi connectivity index (χ1) is 17.4. The summed E-state index contributed by atoms with van der Waals surface area (Å²) in [6, 6.07) is 25.7. The molecule has 4 nitrogen and oxygen atoms in total. The Morgan fingerprint density at radius 3 is 2.33 bits per heavy atom. The predicted molar refractivity (Wildman–Crippen MR) is 150 cm³/mol. The van der Waals surface area contributed by atoms with Gasteiger partial charge in [0, 0.05) is 26.7 Å². The average molecular weight is 555 g/mol. The van der Waals surface area contributed by atoms with Crippen molar-refractivity contribution in [2.75, 3.05) is 7.11 Å². The van der Waals surface area contributed by atoms with E-state index >= 15 is 0 Å². The molecular formula is C28H22Cl3N3OS. The normalized spacial score (nSPS) is 12.1. The van der Waals surface area contributed by atoms with Crippen molar-refractivity contribution in [1.82, 2.24) is 14.8 Å². The lowest BCUT2D eigenvalue weighted by Gasteiger charge is -2.16. The third-order valence-electron chi connectivity index (χ3n) is 6.09. The van der Waals surface area contributed by atoms with Crippen molar-refractivity contribution >= 4 is 57.3 Å². The van der Waals surface area contributed by atoms with E-state index in [0.717, 1.165) is 44.3 Å². The van der Waals surface area contributed by atoms with Crippen LogP contribution in [0.1, 0.15) is 29.8 Å². The van der Waals surface area contributed by atoms with Crippen molar-refractivity contribution < 1.29 is 4.74 Å². The fourth-order valence-corrected chi connectivity index (χ4v) is 5.99. The highest BCUT2D eigenvalue weighted by atomic mass is 35.5. The smallest absolute Gasteiger partial charge is 0.196 e. The van der Waals surface area contributed by atoms with Crippen LogP contribution in [0.2, 0.25) is 15.1 Å². The molecule has 0 aliphatic carbocycles. The second-order valence-corrected chi connectivity index (χ2v) is 10.5. The summed E-state index contributed by atoms with van der Waals surface area (Å²) < 4.78 is 7.42. The Bertz CT molecular complexity index is 1530. The van der Waals surface area contributed by atoms with E-state index in [4.69, 9.17) is 39.5 Å². The van der Waals surface area contributed by atoms with Crippen LogP contribution in [0.25, 0.3) is 16.5 Å². The molecule has 0 saturated carbocycles. The van der Waals surface area contributed by atoms with Gasteiger partial charge in [-0.05, 0) is 64.4 Å². The van der Waals surface area contributed by atoms with E-state index in [2.05, 4.69) is 46.0 Å². The lowest BCUT2D eigenvalue weighted by atomic mass is 9.97. The molecule has 5 rings (SSSR count). The van der Waals surface area contributed by atoms with Crippen molar-refractivity contribution in [2.24, 2.45) is 0 Å². The number of benzene rings is 4. The number of halogens is 3. The summed E-state index contributed by atoms with van der Waals surface area (Å²) in [6.45, 7) is 2.13. The van der Waals surface area contributed by atoms with Crippen molar-refractivity contribution in [1.29, 1.82) is 0 Å². The fourth-order valence-electron chi connectivity index (χ4n) is 4.11. The first-order valence-corrected chi connectivity index (χ1v) is 13.4. The van der Waals surface area contributed by atoms with E-state index in [9.17, 15) is 0 Å². The second-order valence-electron chi connectivity index (χ2n) is 8.34. The zero-order valence-electron chi connectivity index (χ0n) is 19.6. The number of hydrogen-bond acceptors (Lipinski definition) is 4. The predicted octanol–water partition coefficient (Wildman–Crippen LogP) is 8.83. The van der Waals surface area contributed by atoms with Crippen LogP contribution in [0.4, 0.5) is 0 Å². The quantitative estimate of drug-likeness (QED) is 0.188. The summed E-state index contributed by atoms with van der Waals surface area (Å²) in [7, 11) is 1.68. The molecule has 4 aromatic carbocycles. The van der Waals surface area contributed by atoms with E-state index in [1.807, 2.05) is 54.6 Å². The highest BCUT2D eigenvalue weighted by Gasteiger charge is 2.22. The molecule has 182 valence electrons. The first kappa shape index (κ1) is 25.0. The molecule has 1 heterocycles. The van der Waals surface area contributed by atoms with Crippen molar-refractivity contribution in [3.8, 4) is 11.4 Å². The summed E-state index contributed by atoms with van der Waals surface area (Å²) in [5, 5.41) is 14.1. The Balaban J connectivity index is 1.54. The van der Waals surface area contributed by atoms with Gasteiger partial charge in [0.05, 0.1) is 12.8 Å². The first-order valence-electron chi connectivity index (χ1n) is 11.3. The van der Waals surface area contributed by atoms with Gasteiger partial charge < -0.3 is 4.74 Å². The highest BCUT2D eigenvalue weighted by molar-refractivity contribution is 7.98. The summed E-state index contributed by atoms with van der Waals surface area (Å²) >= 11 is 20.7. The lowest BCUT2D eigenvalue weighted by Crippen LogP contribution is -2.08. The summed E-state index contributed by atoms with van der Waals surface area (Å²) in [5.41, 5.74) is 2.90. The van der Waals surface area contributed by atoms with Gasteiger partial charge in [-0.1, -0.05) is 89.9 Å². The summed E-state index contributed by atoms with van der Waals surface area (Å²) in [6.07, 6.45) is 0. The Kier molecular flexibility index (Phi) is 7.44. The molecule has 0 amide bonds. The topological polar surface area (TPSA) is 39.9 Å². The number of rotatable bonds is 7. The zero-order chi connectivity index (χ0) is 25.2. The molecular weight excluding hydrogens is 533 g/mol. The number of methoxy groups -OCH3 is 1. The maximum atomic E-state index is 6.41. The molecule has 0 aliphatic rings. The van der Waals surface area contributed by atoms with Gasteiger partial charge in [0.1, 0.15) is 11.6 Å². The van der Waals surface area contributed by atoms with E-state index in [1.165, 1.54) is 11.8 Å². The Morgan fingerprint density at radius 2 is 1.58 bits per heavy atom. The zero-order valence-corrected chi connectivity index (χ0v) is 22.7. The Labute approximate surface area is 229 Å². The van der Waals surface area contributed by atoms with Crippen LogP contribution >= 0.6 is 46.6 Å². The molecule has 0 radical (unpaired) electrons. The summed E-state index contributed by atoms with van der Waals surface area (Å²) in [5.74, 6) is 2.19. The molecule has 1 aromatic heterocycles. The number of thioether (sulfide) groups is 1. The Morgan fingerprint density at radius 1 is 0.861 bits per heavy atom. The molecule has 0 spiro atoms. The third-order valence-corrected chi connectivity index (χ3v) is 7.99. The monoisotopic (exact) mass is 553 g/mol.